The highest BCUT2D eigenvalue weighted by Gasteiger charge is 2.19. The summed E-state index contributed by atoms with van der Waals surface area (Å²) >= 11 is 0. The molecule has 1 saturated heterocycles. The van der Waals surface area contributed by atoms with Crippen molar-refractivity contribution in [3.63, 3.8) is 0 Å². The number of rotatable bonds is 8. The number of benzene rings is 2. The fraction of sp³-hybridized carbons (Fsp3) is 0.292. The molecule has 0 amide bonds. The van der Waals surface area contributed by atoms with Gasteiger partial charge in [-0.3, -0.25) is 0 Å². The van der Waals surface area contributed by atoms with Crippen molar-refractivity contribution in [3.8, 4) is 5.75 Å². The van der Waals surface area contributed by atoms with Crippen LogP contribution in [0, 0.1) is 5.82 Å². The second-order valence-electron chi connectivity index (χ2n) is 7.70. The second-order valence-corrected chi connectivity index (χ2v) is 9.47. The van der Waals surface area contributed by atoms with E-state index < -0.39 is 10.0 Å². The van der Waals surface area contributed by atoms with Crippen LogP contribution in [0.1, 0.15) is 12.5 Å². The predicted octanol–water partition coefficient (Wildman–Crippen LogP) is 3.42. The van der Waals surface area contributed by atoms with Crippen molar-refractivity contribution in [1.29, 1.82) is 0 Å². The molecule has 3 aromatic rings. The van der Waals surface area contributed by atoms with E-state index in [1.165, 1.54) is 24.3 Å². The zero-order chi connectivity index (χ0) is 23.3. The number of nitrogens with zero attached hydrogens (tertiary/aromatic N) is 3. The van der Waals surface area contributed by atoms with Gasteiger partial charge in [-0.25, -0.2) is 22.5 Å². The first kappa shape index (κ1) is 23.0. The summed E-state index contributed by atoms with van der Waals surface area (Å²) in [5.41, 5.74) is 1.83. The molecule has 1 fully saturated rings. The van der Waals surface area contributed by atoms with Crippen LogP contribution in [0.2, 0.25) is 0 Å². The molecule has 33 heavy (non-hydrogen) atoms. The van der Waals surface area contributed by atoms with E-state index in [1.54, 1.807) is 36.5 Å². The van der Waals surface area contributed by atoms with Gasteiger partial charge in [0.2, 0.25) is 10.0 Å². The van der Waals surface area contributed by atoms with E-state index in [1.807, 2.05) is 13.0 Å². The summed E-state index contributed by atoms with van der Waals surface area (Å²) < 4.78 is 46.5. The standard InChI is InChI=1S/C24H27FN4O3S/c1-2-32-22-7-9-23(10-8-22)33(30,31)27-18-19-11-12-26-24(17-19)29-15-13-28(14-16-29)21-5-3-20(25)4-6-21/h3-12,17,27H,2,13-16,18H2,1H3. The Balaban J connectivity index is 1.35. The SMILES string of the molecule is CCOc1ccc(S(=O)(=O)NCc2ccnc(N3CCN(c4ccc(F)cc4)CC3)c2)cc1. The quantitative estimate of drug-likeness (QED) is 0.544. The van der Waals surface area contributed by atoms with Crippen molar-refractivity contribution in [3.05, 3.63) is 78.2 Å². The molecule has 7 nitrogen and oxygen atoms in total. The summed E-state index contributed by atoms with van der Waals surface area (Å²) in [4.78, 5) is 9.04. The summed E-state index contributed by atoms with van der Waals surface area (Å²) in [6.45, 7) is 5.69. The number of ether oxygens (including phenoxy) is 1. The van der Waals surface area contributed by atoms with Gasteiger partial charge in [-0.05, 0) is 73.2 Å². The largest absolute Gasteiger partial charge is 0.494 e. The lowest BCUT2D eigenvalue weighted by atomic mass is 10.2. The third kappa shape index (κ3) is 5.80. The first-order valence-electron chi connectivity index (χ1n) is 10.9. The van der Waals surface area contributed by atoms with Crippen LogP contribution < -0.4 is 19.3 Å². The Bertz CT molecular complexity index is 1160. The van der Waals surface area contributed by atoms with Crippen LogP contribution in [0.3, 0.4) is 0 Å². The van der Waals surface area contributed by atoms with E-state index in [4.69, 9.17) is 4.74 Å². The molecule has 0 unspecified atom stereocenters. The first-order valence-corrected chi connectivity index (χ1v) is 12.4. The summed E-state index contributed by atoms with van der Waals surface area (Å²) in [5.74, 6) is 1.21. The van der Waals surface area contributed by atoms with Crippen LogP contribution in [0.4, 0.5) is 15.9 Å². The molecule has 0 atom stereocenters. The minimum Gasteiger partial charge on any atom is -0.494 e. The van der Waals surface area contributed by atoms with Gasteiger partial charge < -0.3 is 14.5 Å². The minimum absolute atomic E-state index is 0.167. The highest BCUT2D eigenvalue weighted by molar-refractivity contribution is 7.89. The molecule has 4 rings (SSSR count). The average molecular weight is 471 g/mol. The highest BCUT2D eigenvalue weighted by atomic mass is 32.2. The predicted molar refractivity (Wildman–Crippen MR) is 127 cm³/mol. The number of hydrogen-bond acceptors (Lipinski definition) is 6. The fourth-order valence-corrected chi connectivity index (χ4v) is 4.75. The monoisotopic (exact) mass is 470 g/mol. The molecule has 0 saturated carbocycles. The average Bonchev–Trinajstić information content (AvgIpc) is 2.84. The number of halogens is 1. The van der Waals surface area contributed by atoms with Crippen LogP contribution in [-0.4, -0.2) is 46.2 Å². The highest BCUT2D eigenvalue weighted by Crippen LogP contribution is 2.21. The molecular weight excluding hydrogens is 443 g/mol. The molecule has 0 bridgehead atoms. The lowest BCUT2D eigenvalue weighted by molar-refractivity contribution is 0.340. The topological polar surface area (TPSA) is 74.8 Å². The number of nitrogens with one attached hydrogen (secondary N) is 1. The van der Waals surface area contributed by atoms with Gasteiger partial charge in [-0.2, -0.15) is 0 Å². The lowest BCUT2D eigenvalue weighted by Crippen LogP contribution is -2.46. The third-order valence-corrected chi connectivity index (χ3v) is 6.93. The Kier molecular flexibility index (Phi) is 7.10. The van der Waals surface area contributed by atoms with E-state index in [-0.39, 0.29) is 17.3 Å². The Morgan fingerprint density at radius 3 is 2.30 bits per heavy atom. The van der Waals surface area contributed by atoms with Crippen LogP contribution in [0.15, 0.2) is 71.8 Å². The molecule has 1 aliphatic heterocycles. The summed E-state index contributed by atoms with van der Waals surface area (Å²) in [7, 11) is -3.64. The smallest absolute Gasteiger partial charge is 0.240 e. The van der Waals surface area contributed by atoms with Gasteiger partial charge in [0.05, 0.1) is 11.5 Å². The normalized spacial score (nSPS) is 14.4. The Hall–Kier alpha value is -3.17. The van der Waals surface area contributed by atoms with E-state index >= 15 is 0 Å². The van der Waals surface area contributed by atoms with Gasteiger partial charge in [0.1, 0.15) is 17.4 Å². The summed E-state index contributed by atoms with van der Waals surface area (Å²) in [6, 6.07) is 16.6. The Morgan fingerprint density at radius 1 is 0.970 bits per heavy atom. The van der Waals surface area contributed by atoms with Crippen LogP contribution in [-0.2, 0) is 16.6 Å². The van der Waals surface area contributed by atoms with Crippen LogP contribution in [0.5, 0.6) is 5.75 Å². The molecule has 0 radical (unpaired) electrons. The van der Waals surface area contributed by atoms with Crippen molar-refractivity contribution in [2.24, 2.45) is 0 Å². The van der Waals surface area contributed by atoms with Crippen LogP contribution >= 0.6 is 0 Å². The molecule has 174 valence electrons. The summed E-state index contributed by atoms with van der Waals surface area (Å²) in [6.07, 6.45) is 1.70. The second kappa shape index (κ2) is 10.2. The van der Waals surface area contributed by atoms with Gasteiger partial charge in [0, 0.05) is 44.6 Å². The van der Waals surface area contributed by atoms with Gasteiger partial charge >= 0.3 is 0 Å². The Morgan fingerprint density at radius 2 is 1.64 bits per heavy atom. The number of pyridine rings is 1. The fourth-order valence-electron chi connectivity index (χ4n) is 3.73. The van der Waals surface area contributed by atoms with Crippen molar-refractivity contribution in [1.82, 2.24) is 9.71 Å². The summed E-state index contributed by atoms with van der Waals surface area (Å²) in [5, 5.41) is 0. The molecule has 1 aliphatic rings. The van der Waals surface area contributed by atoms with Crippen molar-refractivity contribution >= 4 is 21.5 Å². The van der Waals surface area contributed by atoms with E-state index in [0.717, 1.165) is 43.2 Å². The molecule has 1 aromatic heterocycles. The van der Waals surface area contributed by atoms with Crippen molar-refractivity contribution < 1.29 is 17.5 Å². The number of piperazine rings is 1. The van der Waals surface area contributed by atoms with Gasteiger partial charge in [-0.15, -0.1) is 0 Å². The number of anilines is 2. The maximum atomic E-state index is 13.2. The zero-order valence-corrected chi connectivity index (χ0v) is 19.3. The minimum atomic E-state index is -3.64. The Labute approximate surface area is 193 Å². The molecule has 2 aromatic carbocycles. The van der Waals surface area contributed by atoms with Crippen molar-refractivity contribution in [2.75, 3.05) is 42.6 Å². The maximum Gasteiger partial charge on any atom is 0.240 e. The number of aromatic nitrogens is 1. The van der Waals surface area contributed by atoms with Crippen molar-refractivity contribution in [2.45, 2.75) is 18.4 Å². The zero-order valence-electron chi connectivity index (χ0n) is 18.4. The molecule has 2 heterocycles. The molecular formula is C24H27FN4O3S. The third-order valence-electron chi connectivity index (χ3n) is 5.52. The van der Waals surface area contributed by atoms with E-state index in [2.05, 4.69) is 19.5 Å². The number of hydrogen-bond donors (Lipinski definition) is 1. The lowest BCUT2D eigenvalue weighted by Gasteiger charge is -2.36. The maximum absolute atomic E-state index is 13.2. The van der Waals surface area contributed by atoms with Gasteiger partial charge in [0.15, 0.2) is 0 Å². The van der Waals surface area contributed by atoms with Crippen LogP contribution in [0.25, 0.3) is 0 Å². The molecule has 1 N–H and O–H groups in total. The number of sulfonamides is 1. The molecule has 0 aliphatic carbocycles. The van der Waals surface area contributed by atoms with Gasteiger partial charge in [0.25, 0.3) is 0 Å². The molecule has 9 heteroatoms. The van der Waals surface area contributed by atoms with E-state index in [0.29, 0.717) is 12.4 Å². The van der Waals surface area contributed by atoms with E-state index in [9.17, 15) is 12.8 Å². The first-order chi connectivity index (χ1) is 15.9. The van der Waals surface area contributed by atoms with Gasteiger partial charge in [-0.1, -0.05) is 0 Å². The molecule has 0 spiro atoms.